The van der Waals surface area contributed by atoms with Crippen molar-refractivity contribution in [3.8, 4) is 11.1 Å². The molecule has 0 spiro atoms. The second-order valence-corrected chi connectivity index (χ2v) is 9.08. The monoisotopic (exact) mass is 500 g/mol. The Morgan fingerprint density at radius 1 is 0.816 bits per heavy atom. The molecule has 5 rings (SSSR count). The third-order valence-corrected chi connectivity index (χ3v) is 6.36. The number of ether oxygens (including phenoxy) is 1. The Labute approximate surface area is 222 Å². The summed E-state index contributed by atoms with van der Waals surface area (Å²) in [5.41, 5.74) is 5.62. The molecule has 0 saturated carbocycles. The van der Waals surface area contributed by atoms with Crippen molar-refractivity contribution in [2.45, 2.75) is 26.4 Å². The largest absolute Gasteiger partial charge is 0.457 e. The highest BCUT2D eigenvalue weighted by Gasteiger charge is 2.18. The number of aryl methyl sites for hydroxylation is 1. The number of carbonyl (C=O) groups excluding carboxylic acids is 2. The summed E-state index contributed by atoms with van der Waals surface area (Å²) < 4.78 is 5.45. The lowest BCUT2D eigenvalue weighted by Gasteiger charge is -2.15. The van der Waals surface area contributed by atoms with E-state index in [-0.39, 0.29) is 12.5 Å². The van der Waals surface area contributed by atoms with Crippen molar-refractivity contribution in [3.05, 3.63) is 131 Å². The van der Waals surface area contributed by atoms with Crippen molar-refractivity contribution in [1.29, 1.82) is 0 Å². The summed E-state index contributed by atoms with van der Waals surface area (Å²) in [6.07, 6.45) is 1.74. The van der Waals surface area contributed by atoms with E-state index >= 15 is 0 Å². The number of hydrogen-bond acceptors (Lipinski definition) is 4. The predicted molar refractivity (Wildman–Crippen MR) is 151 cm³/mol. The molecule has 1 amide bonds. The molecule has 1 N–H and O–H groups in total. The maximum Gasteiger partial charge on any atom is 0.338 e. The van der Waals surface area contributed by atoms with E-state index in [0.717, 1.165) is 40.5 Å². The van der Waals surface area contributed by atoms with Gasteiger partial charge in [-0.2, -0.15) is 0 Å². The van der Waals surface area contributed by atoms with Gasteiger partial charge in [0, 0.05) is 5.39 Å². The van der Waals surface area contributed by atoms with Gasteiger partial charge in [-0.15, -0.1) is 0 Å². The Balaban J connectivity index is 1.36. The van der Waals surface area contributed by atoms with Crippen LogP contribution < -0.4 is 5.32 Å². The molecule has 5 heteroatoms. The third kappa shape index (κ3) is 5.62. The van der Waals surface area contributed by atoms with Gasteiger partial charge in [-0.1, -0.05) is 92.2 Å². The van der Waals surface area contributed by atoms with E-state index < -0.39 is 5.97 Å². The molecular weight excluding hydrogens is 472 g/mol. The molecule has 0 aliphatic carbocycles. The Kier molecular flexibility index (Phi) is 7.55. The second-order valence-electron chi connectivity index (χ2n) is 9.08. The van der Waals surface area contributed by atoms with Crippen LogP contribution in [-0.2, 0) is 17.8 Å². The lowest BCUT2D eigenvalue weighted by atomic mass is 9.93. The van der Waals surface area contributed by atoms with Crippen LogP contribution in [0.3, 0.4) is 0 Å². The van der Waals surface area contributed by atoms with Gasteiger partial charge in [-0.3, -0.25) is 4.79 Å². The Morgan fingerprint density at radius 3 is 2.34 bits per heavy atom. The van der Waals surface area contributed by atoms with E-state index in [0.29, 0.717) is 22.5 Å². The highest BCUT2D eigenvalue weighted by atomic mass is 16.5. The quantitative estimate of drug-likeness (QED) is 0.225. The van der Waals surface area contributed by atoms with Crippen molar-refractivity contribution in [2.75, 3.05) is 5.32 Å². The molecule has 5 aromatic rings. The minimum atomic E-state index is -0.394. The van der Waals surface area contributed by atoms with Crippen LogP contribution in [0.2, 0.25) is 0 Å². The predicted octanol–water partition coefficient (Wildman–Crippen LogP) is 7.46. The van der Waals surface area contributed by atoms with Gasteiger partial charge < -0.3 is 10.1 Å². The number of nitrogens with zero attached hydrogens (tertiary/aromatic N) is 1. The van der Waals surface area contributed by atoms with E-state index in [4.69, 9.17) is 4.74 Å². The minimum absolute atomic E-state index is 0.194. The minimum Gasteiger partial charge on any atom is -0.457 e. The molecule has 0 fully saturated rings. The average molecular weight is 501 g/mol. The fourth-order valence-corrected chi connectivity index (χ4v) is 4.51. The van der Waals surface area contributed by atoms with Crippen LogP contribution in [0, 0.1) is 0 Å². The van der Waals surface area contributed by atoms with E-state index in [1.165, 1.54) is 0 Å². The number of fused-ring (bicyclic) bond motifs is 1. The number of carbonyl (C=O) groups is 2. The van der Waals surface area contributed by atoms with Gasteiger partial charge >= 0.3 is 5.97 Å². The van der Waals surface area contributed by atoms with Crippen LogP contribution in [-0.4, -0.2) is 16.9 Å². The molecule has 0 aliphatic rings. The van der Waals surface area contributed by atoms with Crippen LogP contribution in [0.15, 0.2) is 109 Å². The van der Waals surface area contributed by atoms with Gasteiger partial charge in [0.05, 0.1) is 16.6 Å². The second kappa shape index (κ2) is 11.5. The van der Waals surface area contributed by atoms with Gasteiger partial charge in [0.1, 0.15) is 12.4 Å². The van der Waals surface area contributed by atoms with Gasteiger partial charge in [-0.05, 0) is 59.0 Å². The number of amides is 1. The molecule has 0 atom stereocenters. The number of nitrogens with one attached hydrogen (secondary N) is 1. The zero-order valence-corrected chi connectivity index (χ0v) is 21.2. The zero-order chi connectivity index (χ0) is 26.3. The normalized spacial score (nSPS) is 10.8. The van der Waals surface area contributed by atoms with Crippen molar-refractivity contribution >= 4 is 28.6 Å². The number of esters is 1. The highest BCUT2D eigenvalue weighted by molar-refractivity contribution is 6.09. The van der Waals surface area contributed by atoms with E-state index in [1.807, 2.05) is 84.9 Å². The number of anilines is 1. The SMILES string of the molecule is CCCc1cccc(-c2ccccc2)c1C(=O)Nc1ccc2cc(C(=O)OCc3ccccc3)ccc2n1. The lowest BCUT2D eigenvalue weighted by molar-refractivity contribution is 0.0473. The molecule has 38 heavy (non-hydrogen) atoms. The van der Waals surface area contributed by atoms with Crippen molar-refractivity contribution in [1.82, 2.24) is 4.98 Å². The molecule has 0 radical (unpaired) electrons. The molecule has 4 aromatic carbocycles. The molecule has 188 valence electrons. The van der Waals surface area contributed by atoms with Gasteiger partial charge in [0.25, 0.3) is 5.91 Å². The number of aromatic nitrogens is 1. The summed E-state index contributed by atoms with van der Waals surface area (Å²) >= 11 is 0. The third-order valence-electron chi connectivity index (χ3n) is 6.36. The first-order valence-electron chi connectivity index (χ1n) is 12.7. The van der Waals surface area contributed by atoms with Gasteiger partial charge in [0.2, 0.25) is 0 Å². The molecule has 1 aromatic heterocycles. The van der Waals surface area contributed by atoms with Crippen LogP contribution in [0.5, 0.6) is 0 Å². The number of hydrogen-bond donors (Lipinski definition) is 1. The zero-order valence-electron chi connectivity index (χ0n) is 21.2. The van der Waals surface area contributed by atoms with Crippen LogP contribution in [0.4, 0.5) is 5.82 Å². The summed E-state index contributed by atoms with van der Waals surface area (Å²) in [5, 5.41) is 3.78. The molecule has 0 bridgehead atoms. The van der Waals surface area contributed by atoms with Crippen LogP contribution in [0.25, 0.3) is 22.0 Å². The molecule has 0 unspecified atom stereocenters. The van der Waals surface area contributed by atoms with Crippen LogP contribution >= 0.6 is 0 Å². The number of benzene rings is 4. The summed E-state index contributed by atoms with van der Waals surface area (Å²) in [6.45, 7) is 2.32. The average Bonchev–Trinajstić information content (AvgIpc) is 2.96. The van der Waals surface area contributed by atoms with E-state index in [1.54, 1.807) is 24.3 Å². The fraction of sp³-hybridized carbons (Fsp3) is 0.121. The maximum absolute atomic E-state index is 13.6. The standard InChI is InChI=1S/C33H28N2O3/c1-2-10-25-15-9-16-28(24-13-7-4-8-14-24)31(25)32(36)35-30-20-18-26-21-27(17-19-29(26)34-30)33(37)38-22-23-11-5-3-6-12-23/h3-9,11-21H,2,10,22H2,1H3,(H,34,35,36). The Morgan fingerprint density at radius 2 is 1.58 bits per heavy atom. The summed E-state index contributed by atoms with van der Waals surface area (Å²) in [5.74, 6) is -0.137. The molecule has 0 aliphatic heterocycles. The molecule has 0 saturated heterocycles. The van der Waals surface area contributed by atoms with E-state index in [2.05, 4.69) is 17.2 Å². The first kappa shape index (κ1) is 24.9. The van der Waals surface area contributed by atoms with Gasteiger partial charge in [0.15, 0.2) is 0 Å². The summed E-state index contributed by atoms with van der Waals surface area (Å²) in [7, 11) is 0. The van der Waals surface area contributed by atoms with Gasteiger partial charge in [-0.25, -0.2) is 9.78 Å². The van der Waals surface area contributed by atoms with Crippen molar-refractivity contribution < 1.29 is 14.3 Å². The Hall–Kier alpha value is -4.77. The molecule has 1 heterocycles. The van der Waals surface area contributed by atoms with E-state index in [9.17, 15) is 9.59 Å². The number of pyridine rings is 1. The number of rotatable bonds is 8. The summed E-state index contributed by atoms with van der Waals surface area (Å²) in [4.78, 5) is 30.8. The lowest BCUT2D eigenvalue weighted by Crippen LogP contribution is -2.16. The Bertz CT molecular complexity index is 1580. The van der Waals surface area contributed by atoms with Crippen molar-refractivity contribution in [3.63, 3.8) is 0 Å². The topological polar surface area (TPSA) is 68.3 Å². The fourth-order valence-electron chi connectivity index (χ4n) is 4.51. The smallest absolute Gasteiger partial charge is 0.338 e. The first-order valence-corrected chi connectivity index (χ1v) is 12.7. The van der Waals surface area contributed by atoms with Crippen LogP contribution in [0.1, 0.15) is 45.2 Å². The highest BCUT2D eigenvalue weighted by Crippen LogP contribution is 2.28. The summed E-state index contributed by atoms with van der Waals surface area (Å²) in [6, 6.07) is 34.3. The van der Waals surface area contributed by atoms with Crippen molar-refractivity contribution in [2.24, 2.45) is 0 Å². The molecule has 5 nitrogen and oxygen atoms in total. The molecular formula is C33H28N2O3. The maximum atomic E-state index is 13.6. The first-order chi connectivity index (χ1) is 18.6.